The molecule has 3 aromatic rings. The number of carbonyl (C=O) groups excluding carboxylic acids is 1. The monoisotopic (exact) mass is 439 g/mol. The highest BCUT2D eigenvalue weighted by atomic mass is 32.2. The molecule has 1 N–H and O–H groups in total. The Kier molecular flexibility index (Phi) is 5.51. The Morgan fingerprint density at radius 1 is 1.13 bits per heavy atom. The summed E-state index contributed by atoms with van der Waals surface area (Å²) in [5.74, 6) is 1.04. The smallest absolute Gasteiger partial charge is 0.274 e. The molecule has 0 unspecified atom stereocenters. The lowest BCUT2D eigenvalue weighted by atomic mass is 10.0. The van der Waals surface area contributed by atoms with Gasteiger partial charge in [-0.25, -0.2) is 13.4 Å². The Morgan fingerprint density at radius 3 is 2.42 bits per heavy atom. The van der Waals surface area contributed by atoms with E-state index in [4.69, 9.17) is 9.15 Å². The van der Waals surface area contributed by atoms with Crippen LogP contribution < -0.4 is 9.46 Å². The number of benzene rings is 2. The van der Waals surface area contributed by atoms with E-state index in [0.717, 1.165) is 11.8 Å². The van der Waals surface area contributed by atoms with Crippen LogP contribution in [0.15, 0.2) is 76.4 Å². The molecular formula is C22H21N3O5S. The molecule has 0 saturated carbocycles. The topological polar surface area (TPSA) is 101 Å². The number of rotatable bonds is 6. The average Bonchev–Trinajstić information content (AvgIpc) is 3.42. The van der Waals surface area contributed by atoms with Gasteiger partial charge >= 0.3 is 0 Å². The third-order valence-corrected chi connectivity index (χ3v) is 5.45. The number of ether oxygens (including phenoxy) is 1. The van der Waals surface area contributed by atoms with E-state index in [2.05, 4.69) is 9.82 Å². The highest BCUT2D eigenvalue weighted by molar-refractivity contribution is 7.92. The minimum atomic E-state index is -3.36. The molecule has 9 heteroatoms. The summed E-state index contributed by atoms with van der Waals surface area (Å²) in [5.41, 5.74) is 2.43. The van der Waals surface area contributed by atoms with Crippen molar-refractivity contribution in [1.82, 2.24) is 5.01 Å². The molecule has 1 aromatic heterocycles. The molecule has 4 rings (SSSR count). The van der Waals surface area contributed by atoms with Crippen LogP contribution in [-0.4, -0.2) is 38.4 Å². The molecule has 2 heterocycles. The van der Waals surface area contributed by atoms with Gasteiger partial charge in [-0.2, -0.15) is 5.10 Å². The van der Waals surface area contributed by atoms with E-state index < -0.39 is 10.0 Å². The van der Waals surface area contributed by atoms with E-state index in [0.29, 0.717) is 34.9 Å². The van der Waals surface area contributed by atoms with Gasteiger partial charge in [-0.3, -0.25) is 9.52 Å². The zero-order chi connectivity index (χ0) is 22.0. The minimum absolute atomic E-state index is 0.255. The van der Waals surface area contributed by atoms with E-state index in [1.165, 1.54) is 5.01 Å². The van der Waals surface area contributed by atoms with Gasteiger partial charge < -0.3 is 9.15 Å². The third-order valence-electron chi connectivity index (χ3n) is 4.85. The maximum Gasteiger partial charge on any atom is 0.274 e. The fourth-order valence-electron chi connectivity index (χ4n) is 3.39. The van der Waals surface area contributed by atoms with Crippen LogP contribution in [0.1, 0.15) is 34.1 Å². The first-order valence-corrected chi connectivity index (χ1v) is 11.4. The number of sulfonamides is 1. The van der Waals surface area contributed by atoms with Crippen LogP contribution in [0.3, 0.4) is 0 Å². The Morgan fingerprint density at radius 2 is 1.84 bits per heavy atom. The molecule has 1 aliphatic heterocycles. The number of anilines is 1. The van der Waals surface area contributed by atoms with Crippen molar-refractivity contribution in [3.05, 3.63) is 83.8 Å². The van der Waals surface area contributed by atoms with Crippen molar-refractivity contribution < 1.29 is 22.4 Å². The number of methoxy groups -OCH3 is 1. The van der Waals surface area contributed by atoms with E-state index in [9.17, 15) is 13.2 Å². The van der Waals surface area contributed by atoms with Crippen molar-refractivity contribution in [3.63, 3.8) is 0 Å². The lowest BCUT2D eigenvalue weighted by molar-refractivity contribution is 0.0693. The molecular weight excluding hydrogens is 418 g/mol. The van der Waals surface area contributed by atoms with Gasteiger partial charge in [0.2, 0.25) is 10.0 Å². The second-order valence-electron chi connectivity index (χ2n) is 7.11. The van der Waals surface area contributed by atoms with Gasteiger partial charge in [0.15, 0.2) is 0 Å². The van der Waals surface area contributed by atoms with E-state index in [1.807, 2.05) is 6.07 Å². The first kappa shape index (κ1) is 20.7. The van der Waals surface area contributed by atoms with Crippen LogP contribution in [0.25, 0.3) is 0 Å². The van der Waals surface area contributed by atoms with Crippen molar-refractivity contribution in [2.24, 2.45) is 5.10 Å². The quantitative estimate of drug-likeness (QED) is 0.632. The normalized spacial score (nSPS) is 16.1. The number of amides is 1. The number of hydrazone groups is 1. The predicted octanol–water partition coefficient (Wildman–Crippen LogP) is 3.65. The second-order valence-corrected chi connectivity index (χ2v) is 8.86. The molecule has 0 saturated heterocycles. The molecule has 1 aliphatic rings. The zero-order valence-corrected chi connectivity index (χ0v) is 17.8. The first-order valence-electron chi connectivity index (χ1n) is 9.51. The number of hydrogen-bond acceptors (Lipinski definition) is 6. The molecule has 0 fully saturated rings. The highest BCUT2D eigenvalue weighted by Crippen LogP contribution is 2.34. The second kappa shape index (κ2) is 8.27. The summed E-state index contributed by atoms with van der Waals surface area (Å²) >= 11 is 0. The first-order chi connectivity index (χ1) is 14.8. The van der Waals surface area contributed by atoms with Crippen molar-refractivity contribution in [2.75, 3.05) is 18.1 Å². The Labute approximate surface area is 180 Å². The Hall–Kier alpha value is -3.59. The molecule has 0 aliphatic carbocycles. The molecule has 0 spiro atoms. The molecule has 160 valence electrons. The van der Waals surface area contributed by atoms with Crippen molar-refractivity contribution >= 4 is 27.3 Å². The molecule has 8 nitrogen and oxygen atoms in total. The molecule has 2 aromatic carbocycles. The van der Waals surface area contributed by atoms with Crippen molar-refractivity contribution in [2.45, 2.75) is 12.5 Å². The fourth-order valence-corrected chi connectivity index (χ4v) is 3.95. The molecule has 31 heavy (non-hydrogen) atoms. The maximum absolute atomic E-state index is 13.2. The van der Waals surface area contributed by atoms with Gasteiger partial charge in [0.05, 0.1) is 25.3 Å². The zero-order valence-electron chi connectivity index (χ0n) is 17.0. The van der Waals surface area contributed by atoms with Crippen LogP contribution >= 0.6 is 0 Å². The van der Waals surface area contributed by atoms with Crippen LogP contribution in [0.5, 0.6) is 5.75 Å². The lowest BCUT2D eigenvalue weighted by Gasteiger charge is -2.20. The summed E-state index contributed by atoms with van der Waals surface area (Å²) in [6.07, 6.45) is 3.13. The lowest BCUT2D eigenvalue weighted by Crippen LogP contribution is -2.26. The van der Waals surface area contributed by atoms with E-state index in [-0.39, 0.29) is 11.9 Å². The van der Waals surface area contributed by atoms with Crippen LogP contribution in [0.4, 0.5) is 5.69 Å². The minimum Gasteiger partial charge on any atom is -0.497 e. The molecule has 0 bridgehead atoms. The summed E-state index contributed by atoms with van der Waals surface area (Å²) in [4.78, 5) is 13.2. The summed E-state index contributed by atoms with van der Waals surface area (Å²) < 4.78 is 36.0. The van der Waals surface area contributed by atoms with Gasteiger partial charge in [0.25, 0.3) is 5.91 Å². The van der Waals surface area contributed by atoms with Crippen LogP contribution in [-0.2, 0) is 10.0 Å². The number of carbonyl (C=O) groups is 1. The molecule has 0 radical (unpaired) electrons. The average molecular weight is 439 g/mol. The standard InChI is InChI=1S/C22H21N3O5S/c1-29-18-11-7-16(8-12-18)22(26)25-20(21-4-3-13-30-21)14-19(23-25)15-5-9-17(10-6-15)24-31(2,27)28/h3-13,20,24H,14H2,1-2H3/t20-/m0/s1. The van der Waals surface area contributed by atoms with E-state index >= 15 is 0 Å². The highest BCUT2D eigenvalue weighted by Gasteiger charge is 2.35. The van der Waals surface area contributed by atoms with Crippen LogP contribution in [0, 0.1) is 0 Å². The van der Waals surface area contributed by atoms with Crippen molar-refractivity contribution in [3.8, 4) is 5.75 Å². The summed E-state index contributed by atoms with van der Waals surface area (Å²) in [6, 6.07) is 16.9. The SMILES string of the molecule is COc1ccc(C(=O)N2N=C(c3ccc(NS(C)(=O)=O)cc3)C[C@H]2c2ccco2)cc1. The molecule has 1 amide bonds. The van der Waals surface area contributed by atoms with E-state index in [1.54, 1.807) is 68.0 Å². The van der Waals surface area contributed by atoms with Gasteiger partial charge in [-0.05, 0) is 54.1 Å². The number of furan rings is 1. The Bertz CT molecular complexity index is 1200. The summed E-state index contributed by atoms with van der Waals surface area (Å²) in [7, 11) is -1.79. The summed E-state index contributed by atoms with van der Waals surface area (Å²) in [5, 5.41) is 6.02. The Balaban J connectivity index is 1.64. The van der Waals surface area contributed by atoms with Gasteiger partial charge in [-0.15, -0.1) is 0 Å². The maximum atomic E-state index is 13.2. The van der Waals surface area contributed by atoms with Gasteiger partial charge in [0.1, 0.15) is 17.6 Å². The predicted molar refractivity (Wildman–Crippen MR) is 117 cm³/mol. The largest absolute Gasteiger partial charge is 0.497 e. The molecule has 1 atom stereocenters. The van der Waals surface area contributed by atoms with Gasteiger partial charge in [0, 0.05) is 17.7 Å². The summed E-state index contributed by atoms with van der Waals surface area (Å²) in [6.45, 7) is 0. The van der Waals surface area contributed by atoms with Crippen molar-refractivity contribution in [1.29, 1.82) is 0 Å². The number of nitrogens with zero attached hydrogens (tertiary/aromatic N) is 2. The number of nitrogens with one attached hydrogen (secondary N) is 1. The van der Waals surface area contributed by atoms with Gasteiger partial charge in [-0.1, -0.05) is 12.1 Å². The van der Waals surface area contributed by atoms with Crippen LogP contribution in [0.2, 0.25) is 0 Å². The number of hydrogen-bond donors (Lipinski definition) is 1. The third kappa shape index (κ3) is 4.61. The fraction of sp³-hybridized carbons (Fsp3) is 0.182.